The van der Waals surface area contributed by atoms with Crippen molar-refractivity contribution in [3.05, 3.63) is 54.6 Å². The third kappa shape index (κ3) is 9.04. The number of esters is 1. The smallest absolute Gasteiger partial charge is 0.336 e. The highest BCUT2D eigenvalue weighted by molar-refractivity contribution is 5.87. The number of carboxylic acid groups (broad SMARTS) is 1. The van der Waals surface area contributed by atoms with Crippen LogP contribution in [0.3, 0.4) is 0 Å². The van der Waals surface area contributed by atoms with Gasteiger partial charge in [-0.2, -0.15) is 0 Å². The predicted octanol–water partition coefficient (Wildman–Crippen LogP) is 3.18. The van der Waals surface area contributed by atoms with Crippen LogP contribution in [0.1, 0.15) is 20.8 Å². The van der Waals surface area contributed by atoms with E-state index in [0.29, 0.717) is 11.3 Å². The quantitative estimate of drug-likeness (QED) is 0.512. The third-order valence-corrected chi connectivity index (χ3v) is 2.03. The van der Waals surface area contributed by atoms with E-state index in [-0.39, 0.29) is 5.57 Å². The summed E-state index contributed by atoms with van der Waals surface area (Å²) in [5.41, 5.74) is 0.536. The number of carbonyl (C=O) groups excluding carboxylic acids is 1. The summed E-state index contributed by atoms with van der Waals surface area (Å²) in [5, 5.41) is 7.89. The highest BCUT2D eigenvalue weighted by Gasteiger charge is 2.10. The molecule has 0 heterocycles. The molecule has 114 valence electrons. The Labute approximate surface area is 124 Å². The second kappa shape index (κ2) is 9.36. The maximum Gasteiger partial charge on any atom is 0.336 e. The van der Waals surface area contributed by atoms with E-state index in [1.54, 1.807) is 26.0 Å². The largest absolute Gasteiger partial charge is 0.478 e. The van der Waals surface area contributed by atoms with Crippen molar-refractivity contribution in [2.24, 2.45) is 0 Å². The van der Waals surface area contributed by atoms with Gasteiger partial charge in [0.05, 0.1) is 0 Å². The lowest BCUT2D eigenvalue weighted by Crippen LogP contribution is -2.21. The summed E-state index contributed by atoms with van der Waals surface area (Å²) in [6, 6.07) is 9.18. The lowest BCUT2D eigenvalue weighted by atomic mass is 10.3. The molecule has 1 unspecified atom stereocenters. The molecule has 0 radical (unpaired) electrons. The number of benzene rings is 1. The Balaban J connectivity index is 0.000000567. The molecule has 0 fully saturated rings. The summed E-state index contributed by atoms with van der Waals surface area (Å²) in [6.07, 6.45) is -0.614. The average Bonchev–Trinajstić information content (AvgIpc) is 2.40. The number of carbonyl (C=O) groups is 2. The molecule has 21 heavy (non-hydrogen) atoms. The van der Waals surface area contributed by atoms with Gasteiger partial charge in [0.25, 0.3) is 0 Å². The molecule has 0 spiro atoms. The maximum atomic E-state index is 11.1. The fourth-order valence-corrected chi connectivity index (χ4v) is 0.966. The molecular formula is C16H20O5. The topological polar surface area (TPSA) is 72.8 Å². The molecule has 0 aliphatic carbocycles. The standard InChI is InChI=1S/C12H14O3.C4H6O2/c1-9(2)12(13)15-10(3)14-11-7-5-4-6-8-11;1-3(2)4(5)6/h4-8,10H,1H2,2-3H3;1H2,2H3,(H,5,6). The Bertz CT molecular complexity index is 493. The van der Waals surface area contributed by atoms with E-state index in [4.69, 9.17) is 14.6 Å². The Morgan fingerprint density at radius 2 is 1.57 bits per heavy atom. The van der Waals surface area contributed by atoms with Gasteiger partial charge in [0, 0.05) is 18.1 Å². The van der Waals surface area contributed by atoms with Crippen molar-refractivity contribution in [3.8, 4) is 5.75 Å². The molecule has 1 atom stereocenters. The van der Waals surface area contributed by atoms with E-state index in [1.807, 2.05) is 18.2 Å². The molecule has 5 nitrogen and oxygen atoms in total. The maximum absolute atomic E-state index is 11.1. The van der Waals surface area contributed by atoms with Crippen LogP contribution in [0.2, 0.25) is 0 Å². The number of aliphatic carboxylic acids is 1. The van der Waals surface area contributed by atoms with Crippen LogP contribution in [0.4, 0.5) is 0 Å². The van der Waals surface area contributed by atoms with Crippen molar-refractivity contribution in [3.63, 3.8) is 0 Å². The second-order valence-corrected chi connectivity index (χ2v) is 4.27. The van der Waals surface area contributed by atoms with Gasteiger partial charge in [0.15, 0.2) is 0 Å². The minimum absolute atomic E-state index is 0.176. The summed E-state index contributed by atoms with van der Waals surface area (Å²) in [5.74, 6) is -0.715. The number of hydrogen-bond acceptors (Lipinski definition) is 4. The van der Waals surface area contributed by atoms with Gasteiger partial charge in [-0.25, -0.2) is 9.59 Å². The summed E-state index contributed by atoms with van der Waals surface area (Å²) in [4.78, 5) is 20.7. The van der Waals surface area contributed by atoms with Gasteiger partial charge in [-0.15, -0.1) is 0 Å². The zero-order chi connectivity index (χ0) is 16.4. The minimum atomic E-state index is -0.935. The van der Waals surface area contributed by atoms with E-state index < -0.39 is 18.2 Å². The Kier molecular flexibility index (Phi) is 8.22. The molecule has 1 N–H and O–H groups in total. The van der Waals surface area contributed by atoms with Crippen molar-refractivity contribution in [2.45, 2.75) is 27.1 Å². The monoisotopic (exact) mass is 292 g/mol. The Morgan fingerprint density at radius 1 is 1.10 bits per heavy atom. The van der Waals surface area contributed by atoms with Gasteiger partial charge in [-0.3, -0.25) is 0 Å². The van der Waals surface area contributed by atoms with Crippen molar-refractivity contribution in [1.82, 2.24) is 0 Å². The van der Waals surface area contributed by atoms with Crippen molar-refractivity contribution >= 4 is 11.9 Å². The number of para-hydroxylation sites is 1. The van der Waals surface area contributed by atoms with E-state index in [9.17, 15) is 9.59 Å². The van der Waals surface area contributed by atoms with Gasteiger partial charge >= 0.3 is 11.9 Å². The molecule has 0 aliphatic heterocycles. The van der Waals surface area contributed by atoms with E-state index >= 15 is 0 Å². The van der Waals surface area contributed by atoms with Gasteiger partial charge in [-0.1, -0.05) is 31.4 Å². The fourth-order valence-electron chi connectivity index (χ4n) is 0.966. The minimum Gasteiger partial charge on any atom is -0.478 e. The summed E-state index contributed by atoms with van der Waals surface area (Å²) in [7, 11) is 0. The summed E-state index contributed by atoms with van der Waals surface area (Å²) < 4.78 is 10.3. The first-order valence-electron chi connectivity index (χ1n) is 6.21. The van der Waals surface area contributed by atoms with Gasteiger partial charge < -0.3 is 14.6 Å². The number of carboxylic acids is 1. The van der Waals surface area contributed by atoms with Crippen LogP contribution in [-0.4, -0.2) is 23.3 Å². The molecule has 0 amide bonds. The molecule has 0 bridgehead atoms. The molecular weight excluding hydrogens is 272 g/mol. The third-order valence-electron chi connectivity index (χ3n) is 2.03. The molecule has 0 aliphatic rings. The van der Waals surface area contributed by atoms with Gasteiger partial charge in [0.1, 0.15) is 5.75 Å². The molecule has 0 saturated carbocycles. The Morgan fingerprint density at radius 3 is 1.95 bits per heavy atom. The molecule has 1 rings (SSSR count). The summed E-state index contributed by atoms with van der Waals surface area (Å²) in [6.45, 7) is 11.3. The van der Waals surface area contributed by atoms with Crippen LogP contribution in [0.15, 0.2) is 54.6 Å². The molecule has 5 heteroatoms. The average molecular weight is 292 g/mol. The Hall–Kier alpha value is -2.56. The highest BCUT2D eigenvalue weighted by atomic mass is 16.7. The lowest BCUT2D eigenvalue weighted by Gasteiger charge is -2.14. The normalized spacial score (nSPS) is 10.4. The van der Waals surface area contributed by atoms with Crippen LogP contribution in [0.5, 0.6) is 5.75 Å². The van der Waals surface area contributed by atoms with Gasteiger partial charge in [0.2, 0.25) is 6.29 Å². The first-order chi connectivity index (χ1) is 9.73. The van der Waals surface area contributed by atoms with E-state index in [0.717, 1.165) is 0 Å². The highest BCUT2D eigenvalue weighted by Crippen LogP contribution is 2.11. The van der Waals surface area contributed by atoms with Gasteiger partial charge in [-0.05, 0) is 26.0 Å². The predicted molar refractivity (Wildman–Crippen MR) is 79.9 cm³/mol. The van der Waals surface area contributed by atoms with E-state index in [2.05, 4.69) is 13.2 Å². The van der Waals surface area contributed by atoms with Crippen LogP contribution in [0.25, 0.3) is 0 Å². The first kappa shape index (κ1) is 18.4. The number of hydrogen-bond donors (Lipinski definition) is 1. The molecule has 1 aromatic carbocycles. The van der Waals surface area contributed by atoms with Crippen LogP contribution >= 0.6 is 0 Å². The first-order valence-corrected chi connectivity index (χ1v) is 6.21. The number of ether oxygens (including phenoxy) is 2. The number of rotatable bonds is 5. The molecule has 0 saturated heterocycles. The van der Waals surface area contributed by atoms with Crippen molar-refractivity contribution in [2.75, 3.05) is 0 Å². The lowest BCUT2D eigenvalue weighted by molar-refractivity contribution is -0.156. The zero-order valence-corrected chi connectivity index (χ0v) is 12.5. The van der Waals surface area contributed by atoms with Crippen LogP contribution in [0, 0.1) is 0 Å². The molecule has 1 aromatic rings. The van der Waals surface area contributed by atoms with Crippen LogP contribution < -0.4 is 4.74 Å². The SMILES string of the molecule is C=C(C)C(=O)O.C=C(C)C(=O)OC(C)Oc1ccccc1. The fraction of sp³-hybridized carbons (Fsp3) is 0.250. The van der Waals surface area contributed by atoms with Crippen LogP contribution in [-0.2, 0) is 14.3 Å². The second-order valence-electron chi connectivity index (χ2n) is 4.27. The van der Waals surface area contributed by atoms with E-state index in [1.165, 1.54) is 6.92 Å². The summed E-state index contributed by atoms with van der Waals surface area (Å²) >= 11 is 0. The zero-order valence-electron chi connectivity index (χ0n) is 12.5. The molecule has 0 aromatic heterocycles. The van der Waals surface area contributed by atoms with Crippen molar-refractivity contribution < 1.29 is 24.2 Å². The van der Waals surface area contributed by atoms with Crippen molar-refractivity contribution in [1.29, 1.82) is 0 Å².